The van der Waals surface area contributed by atoms with Gasteiger partial charge in [-0.05, 0) is 29.7 Å². The van der Waals surface area contributed by atoms with Gasteiger partial charge in [-0.25, -0.2) is 0 Å². The number of amides is 1. The molecule has 1 amide bonds. The van der Waals surface area contributed by atoms with E-state index in [9.17, 15) is 4.79 Å². The van der Waals surface area contributed by atoms with Gasteiger partial charge in [0, 0.05) is 30.9 Å². The Bertz CT molecular complexity index is 1060. The minimum absolute atomic E-state index is 0.0240. The number of carbonyl (C=O) groups excluding carboxylic acids is 1. The van der Waals surface area contributed by atoms with Crippen LogP contribution >= 0.6 is 0 Å². The smallest absolute Gasteiger partial charge is 0.254 e. The van der Waals surface area contributed by atoms with E-state index in [1.54, 1.807) is 0 Å². The zero-order valence-electron chi connectivity index (χ0n) is 18.0. The van der Waals surface area contributed by atoms with E-state index in [2.05, 4.69) is 15.3 Å². The molecule has 1 aliphatic heterocycles. The van der Waals surface area contributed by atoms with Gasteiger partial charge in [0.05, 0.1) is 18.9 Å². The van der Waals surface area contributed by atoms with E-state index >= 15 is 0 Å². The van der Waals surface area contributed by atoms with Crippen molar-refractivity contribution in [3.05, 3.63) is 71.9 Å². The summed E-state index contributed by atoms with van der Waals surface area (Å²) < 4.78 is 5.26. The topological polar surface area (TPSA) is 101 Å². The predicted octanol–water partition coefficient (Wildman–Crippen LogP) is 3.12. The average molecular weight is 434 g/mol. The first-order valence-corrected chi connectivity index (χ1v) is 10.7. The first-order chi connectivity index (χ1) is 15.7. The van der Waals surface area contributed by atoms with E-state index in [1.807, 2.05) is 59.5 Å². The highest BCUT2D eigenvalue weighted by molar-refractivity contribution is 6.00. The van der Waals surface area contributed by atoms with Crippen LogP contribution in [-0.2, 0) is 17.7 Å². The first kappa shape index (κ1) is 21.7. The van der Waals surface area contributed by atoms with Crippen molar-refractivity contribution in [2.45, 2.75) is 31.7 Å². The Balaban J connectivity index is 1.47. The van der Waals surface area contributed by atoms with Gasteiger partial charge in [0.15, 0.2) is 5.82 Å². The molecule has 1 saturated heterocycles. The number of hydrogen-bond acceptors (Lipinski definition) is 7. The highest BCUT2D eigenvalue weighted by Gasteiger charge is 2.34. The van der Waals surface area contributed by atoms with Crippen LogP contribution < -0.4 is 0 Å². The fourth-order valence-electron chi connectivity index (χ4n) is 3.95. The molecule has 0 aliphatic carbocycles. The average Bonchev–Trinajstić information content (AvgIpc) is 3.45. The number of hydrogen-bond donors (Lipinski definition) is 1. The number of carbonyl (C=O) groups is 1. The van der Waals surface area contributed by atoms with Gasteiger partial charge in [0.2, 0.25) is 5.89 Å². The van der Waals surface area contributed by atoms with Crippen molar-refractivity contribution in [3.8, 4) is 11.1 Å². The van der Waals surface area contributed by atoms with E-state index in [4.69, 9.17) is 14.5 Å². The second kappa shape index (κ2) is 10.2. The second-order valence-corrected chi connectivity index (χ2v) is 7.69. The third kappa shape index (κ3) is 5.03. The van der Waals surface area contributed by atoms with E-state index in [1.165, 1.54) is 7.11 Å². The third-order valence-electron chi connectivity index (χ3n) is 5.52. The summed E-state index contributed by atoms with van der Waals surface area (Å²) in [6.45, 7) is 0.404. The van der Waals surface area contributed by atoms with Gasteiger partial charge in [-0.15, -0.1) is 0 Å². The lowest BCUT2D eigenvalue weighted by atomic mass is 10.0. The number of nitrogens with zero attached hydrogens (tertiary/aromatic N) is 4. The van der Waals surface area contributed by atoms with Crippen molar-refractivity contribution in [1.29, 1.82) is 0 Å². The van der Waals surface area contributed by atoms with Crippen LogP contribution in [0.2, 0.25) is 0 Å². The maximum absolute atomic E-state index is 13.3. The molecule has 0 bridgehead atoms. The summed E-state index contributed by atoms with van der Waals surface area (Å²) in [5.74, 6) is 0.953. The minimum atomic E-state index is -0.0432. The number of aliphatic hydroxyl groups is 1. The molecule has 32 heavy (non-hydrogen) atoms. The van der Waals surface area contributed by atoms with E-state index in [0.717, 1.165) is 16.8 Å². The number of aromatic nitrogens is 2. The van der Waals surface area contributed by atoms with Crippen LogP contribution in [-0.4, -0.2) is 58.1 Å². The quantitative estimate of drug-likeness (QED) is 0.547. The summed E-state index contributed by atoms with van der Waals surface area (Å²) in [4.78, 5) is 24.4. The van der Waals surface area contributed by atoms with Crippen molar-refractivity contribution in [2.75, 3.05) is 20.3 Å². The summed E-state index contributed by atoms with van der Waals surface area (Å²) in [6, 6.07) is 17.7. The molecular weight excluding hydrogens is 408 g/mol. The summed E-state index contributed by atoms with van der Waals surface area (Å²) in [5.41, 5.74) is 3.65. The van der Waals surface area contributed by atoms with Gasteiger partial charge in [0.25, 0.3) is 5.91 Å². The molecule has 2 aromatic carbocycles. The molecule has 0 radical (unpaired) electrons. The van der Waals surface area contributed by atoms with Crippen LogP contribution in [0.25, 0.3) is 11.1 Å². The standard InChI is InChI=1S/C24H26N4O4/c1-31-26-20-15-21(11-12-23-25-22(13-14-29)27-32-23)28(16-20)24(30)19-9-7-18(8-10-19)17-5-3-2-4-6-17/h2-10,21,29H,11-16H2,1H3. The van der Waals surface area contributed by atoms with Gasteiger partial charge in [-0.2, -0.15) is 4.98 Å². The zero-order valence-corrected chi connectivity index (χ0v) is 18.0. The van der Waals surface area contributed by atoms with Crippen molar-refractivity contribution < 1.29 is 19.3 Å². The number of aryl methyl sites for hydroxylation is 1. The summed E-state index contributed by atoms with van der Waals surface area (Å²) in [5, 5.41) is 16.9. The molecule has 166 valence electrons. The van der Waals surface area contributed by atoms with Gasteiger partial charge < -0.3 is 19.4 Å². The molecule has 1 aromatic heterocycles. The Morgan fingerprint density at radius 2 is 1.91 bits per heavy atom. The van der Waals surface area contributed by atoms with Gasteiger partial charge >= 0.3 is 0 Å². The van der Waals surface area contributed by atoms with Crippen LogP contribution in [0, 0.1) is 0 Å². The largest absolute Gasteiger partial charge is 0.399 e. The Morgan fingerprint density at radius 3 is 2.62 bits per heavy atom. The molecule has 1 unspecified atom stereocenters. The fourth-order valence-corrected chi connectivity index (χ4v) is 3.95. The second-order valence-electron chi connectivity index (χ2n) is 7.69. The van der Waals surface area contributed by atoms with E-state index in [-0.39, 0.29) is 18.6 Å². The number of rotatable bonds is 8. The molecule has 8 heteroatoms. The Hall–Kier alpha value is -3.52. The SMILES string of the molecule is CON=C1CC(CCc2nc(CCO)no2)N(C(=O)c2ccc(-c3ccccc3)cc2)C1. The maximum atomic E-state index is 13.3. The molecule has 4 rings (SSSR count). The lowest BCUT2D eigenvalue weighted by molar-refractivity contribution is 0.0732. The van der Waals surface area contributed by atoms with Crippen LogP contribution in [0.4, 0.5) is 0 Å². The van der Waals surface area contributed by atoms with Crippen molar-refractivity contribution in [2.24, 2.45) is 5.16 Å². The lowest BCUT2D eigenvalue weighted by Gasteiger charge is -2.23. The van der Waals surface area contributed by atoms with Crippen LogP contribution in [0.5, 0.6) is 0 Å². The molecule has 8 nitrogen and oxygen atoms in total. The number of benzene rings is 2. The predicted molar refractivity (Wildman–Crippen MR) is 119 cm³/mol. The number of likely N-dealkylation sites (tertiary alicyclic amines) is 1. The normalized spacial score (nSPS) is 17.1. The molecule has 3 aromatic rings. The molecule has 0 saturated carbocycles. The maximum Gasteiger partial charge on any atom is 0.254 e. The van der Waals surface area contributed by atoms with Crippen LogP contribution in [0.3, 0.4) is 0 Å². The summed E-state index contributed by atoms with van der Waals surface area (Å²) >= 11 is 0. The Morgan fingerprint density at radius 1 is 1.16 bits per heavy atom. The van der Waals surface area contributed by atoms with Crippen LogP contribution in [0.15, 0.2) is 64.3 Å². The molecular formula is C24H26N4O4. The van der Waals surface area contributed by atoms with Crippen molar-refractivity contribution in [3.63, 3.8) is 0 Å². The number of aliphatic hydroxyl groups excluding tert-OH is 1. The van der Waals surface area contributed by atoms with Crippen molar-refractivity contribution >= 4 is 11.6 Å². The molecule has 1 atom stereocenters. The van der Waals surface area contributed by atoms with Gasteiger partial charge in [-0.3, -0.25) is 4.79 Å². The Kier molecular flexibility index (Phi) is 6.91. The molecule has 2 heterocycles. The third-order valence-corrected chi connectivity index (χ3v) is 5.52. The minimum Gasteiger partial charge on any atom is -0.399 e. The summed E-state index contributed by atoms with van der Waals surface area (Å²) in [7, 11) is 1.51. The molecule has 1 aliphatic rings. The molecule has 1 N–H and O–H groups in total. The lowest BCUT2D eigenvalue weighted by Crippen LogP contribution is -2.36. The van der Waals surface area contributed by atoms with E-state index in [0.29, 0.717) is 49.5 Å². The fraction of sp³-hybridized carbons (Fsp3) is 0.333. The van der Waals surface area contributed by atoms with Crippen molar-refractivity contribution in [1.82, 2.24) is 15.0 Å². The highest BCUT2D eigenvalue weighted by Crippen LogP contribution is 2.25. The number of oxime groups is 1. The highest BCUT2D eigenvalue weighted by atomic mass is 16.6. The molecule has 1 fully saturated rings. The molecule has 0 spiro atoms. The Labute approximate surface area is 186 Å². The summed E-state index contributed by atoms with van der Waals surface area (Å²) in [6.07, 6.45) is 2.21. The van der Waals surface area contributed by atoms with Crippen LogP contribution in [0.1, 0.15) is 34.9 Å². The van der Waals surface area contributed by atoms with E-state index < -0.39 is 0 Å². The van der Waals surface area contributed by atoms with Gasteiger partial charge in [-0.1, -0.05) is 52.8 Å². The first-order valence-electron chi connectivity index (χ1n) is 10.7. The zero-order chi connectivity index (χ0) is 22.3. The monoisotopic (exact) mass is 434 g/mol. The van der Waals surface area contributed by atoms with Gasteiger partial charge in [0.1, 0.15) is 7.11 Å².